The molecule has 1 aliphatic rings. The molecule has 0 fully saturated rings. The topological polar surface area (TPSA) is 168 Å². The summed E-state index contributed by atoms with van der Waals surface area (Å²) >= 11 is 0. The first-order valence-corrected chi connectivity index (χ1v) is 11.3. The lowest BCUT2D eigenvalue weighted by molar-refractivity contribution is -0.119. The fraction of sp³-hybridized carbons (Fsp3) is 0.167. The molecule has 3 N–H and O–H groups in total. The molecular weight excluding hydrogens is 497 g/mol. The highest BCUT2D eigenvalue weighted by Crippen LogP contribution is 2.36. The Balaban J connectivity index is 1.31. The van der Waals surface area contributed by atoms with Crippen LogP contribution in [0.15, 0.2) is 53.6 Å². The third kappa shape index (κ3) is 4.50. The molecular formula is C24H20FN9O4. The van der Waals surface area contributed by atoms with Crippen LogP contribution in [-0.2, 0) is 11.3 Å². The zero-order chi connectivity index (χ0) is 27.0. The first-order chi connectivity index (χ1) is 18.2. The van der Waals surface area contributed by atoms with Crippen LogP contribution in [0.25, 0.3) is 5.69 Å². The Morgan fingerprint density at radius 3 is 2.53 bits per heavy atom. The van der Waals surface area contributed by atoms with Crippen molar-refractivity contribution in [1.82, 2.24) is 40.8 Å². The van der Waals surface area contributed by atoms with Crippen LogP contribution in [0, 0.1) is 12.7 Å². The Morgan fingerprint density at radius 2 is 1.82 bits per heavy atom. The molecule has 0 saturated carbocycles. The van der Waals surface area contributed by atoms with Crippen molar-refractivity contribution < 1.29 is 18.8 Å². The molecule has 0 saturated heterocycles. The van der Waals surface area contributed by atoms with E-state index in [9.17, 15) is 23.6 Å². The standard InChI is InChI=1S/C24H20FN9O4/c1-12-7-13(3-6-16(12)25)10-26-21(35)17-9-18(28-11-27-17)22(36)29-20-15-5-4-14(34-24(38)30-31-32-34)8-19(15)33(2)23(20)37/h3-9,11,20H,10H2,1-2H3,(H,26,35)(H,29,36)(H,30,32,38)/t20-/m1/s1. The molecule has 38 heavy (non-hydrogen) atoms. The van der Waals surface area contributed by atoms with Crippen LogP contribution >= 0.6 is 0 Å². The fourth-order valence-corrected chi connectivity index (χ4v) is 4.05. The lowest BCUT2D eigenvalue weighted by Gasteiger charge is -2.13. The van der Waals surface area contributed by atoms with Gasteiger partial charge in [-0.3, -0.25) is 14.4 Å². The van der Waals surface area contributed by atoms with Gasteiger partial charge in [0.2, 0.25) is 0 Å². The number of nitrogens with one attached hydrogen (secondary N) is 3. The van der Waals surface area contributed by atoms with Gasteiger partial charge in [0.05, 0.1) is 11.4 Å². The van der Waals surface area contributed by atoms with E-state index >= 15 is 0 Å². The molecule has 1 atom stereocenters. The Bertz CT molecular complexity index is 1650. The number of carbonyl (C=O) groups excluding carboxylic acids is 3. The number of hydrogen-bond acceptors (Lipinski definition) is 8. The van der Waals surface area contributed by atoms with Crippen molar-refractivity contribution in [3.05, 3.63) is 93.2 Å². The number of fused-ring (bicyclic) bond motifs is 1. The van der Waals surface area contributed by atoms with Crippen molar-refractivity contribution in [2.45, 2.75) is 19.5 Å². The average molecular weight is 517 g/mol. The van der Waals surface area contributed by atoms with Crippen LogP contribution in [-0.4, -0.2) is 54.9 Å². The van der Waals surface area contributed by atoms with Crippen molar-refractivity contribution >= 4 is 23.4 Å². The van der Waals surface area contributed by atoms with Gasteiger partial charge in [-0.25, -0.2) is 24.3 Å². The highest BCUT2D eigenvalue weighted by atomic mass is 19.1. The van der Waals surface area contributed by atoms with Crippen molar-refractivity contribution in [2.24, 2.45) is 0 Å². The van der Waals surface area contributed by atoms with Crippen LogP contribution in [0.4, 0.5) is 10.1 Å². The summed E-state index contributed by atoms with van der Waals surface area (Å²) in [6.45, 7) is 1.76. The number of H-pyrrole nitrogens is 1. The molecule has 14 heteroatoms. The highest BCUT2D eigenvalue weighted by molar-refractivity contribution is 6.07. The van der Waals surface area contributed by atoms with E-state index in [0.29, 0.717) is 28.1 Å². The lowest BCUT2D eigenvalue weighted by atomic mass is 10.1. The molecule has 192 valence electrons. The number of aryl methyl sites for hydroxylation is 1. The number of likely N-dealkylation sites (N-methyl/N-ethyl adjacent to an activating group) is 1. The van der Waals surface area contributed by atoms with Gasteiger partial charge in [-0.15, -0.1) is 0 Å². The number of aromatic amines is 1. The second-order valence-electron chi connectivity index (χ2n) is 8.52. The van der Waals surface area contributed by atoms with Gasteiger partial charge in [0, 0.05) is 25.2 Å². The number of tetrazole rings is 1. The summed E-state index contributed by atoms with van der Waals surface area (Å²) in [5, 5.41) is 14.6. The number of halogens is 1. The molecule has 3 amide bonds. The van der Waals surface area contributed by atoms with E-state index in [-0.39, 0.29) is 23.7 Å². The van der Waals surface area contributed by atoms with E-state index < -0.39 is 29.5 Å². The first-order valence-electron chi connectivity index (χ1n) is 11.3. The Kier molecular flexibility index (Phi) is 6.20. The van der Waals surface area contributed by atoms with Gasteiger partial charge in [-0.05, 0) is 46.7 Å². The Hall–Kier alpha value is -5.27. The summed E-state index contributed by atoms with van der Waals surface area (Å²) in [5.74, 6) is -1.99. The third-order valence-corrected chi connectivity index (χ3v) is 6.06. The third-order valence-electron chi connectivity index (χ3n) is 6.06. The second kappa shape index (κ2) is 9.65. The smallest absolute Gasteiger partial charge is 0.347 e. The number of hydrogen-bond donors (Lipinski definition) is 3. The van der Waals surface area contributed by atoms with Gasteiger partial charge >= 0.3 is 5.69 Å². The molecule has 2 aromatic carbocycles. The minimum Gasteiger partial charge on any atom is -0.347 e. The summed E-state index contributed by atoms with van der Waals surface area (Å²) < 4.78 is 14.5. The van der Waals surface area contributed by atoms with E-state index in [4.69, 9.17) is 0 Å². The summed E-state index contributed by atoms with van der Waals surface area (Å²) in [6.07, 6.45) is 1.07. The molecule has 0 spiro atoms. The van der Waals surface area contributed by atoms with Crippen molar-refractivity contribution in [3.63, 3.8) is 0 Å². The lowest BCUT2D eigenvalue weighted by Crippen LogP contribution is -2.36. The number of rotatable bonds is 6. The van der Waals surface area contributed by atoms with E-state index in [0.717, 1.165) is 11.0 Å². The average Bonchev–Trinajstić information content (AvgIpc) is 3.45. The monoisotopic (exact) mass is 517 g/mol. The molecule has 13 nitrogen and oxygen atoms in total. The first kappa shape index (κ1) is 24.4. The van der Waals surface area contributed by atoms with E-state index in [2.05, 4.69) is 36.1 Å². The quantitative estimate of drug-likeness (QED) is 0.334. The minimum atomic E-state index is -1.01. The van der Waals surface area contributed by atoms with Gasteiger partial charge in [0.15, 0.2) is 0 Å². The maximum Gasteiger partial charge on any atom is 0.365 e. The molecule has 0 radical (unpaired) electrons. The summed E-state index contributed by atoms with van der Waals surface area (Å²) in [5.41, 5.74) is 1.81. The van der Waals surface area contributed by atoms with Gasteiger partial charge in [0.25, 0.3) is 17.7 Å². The second-order valence-corrected chi connectivity index (χ2v) is 8.52. The zero-order valence-electron chi connectivity index (χ0n) is 20.1. The van der Waals surface area contributed by atoms with Crippen molar-refractivity contribution in [1.29, 1.82) is 0 Å². The van der Waals surface area contributed by atoms with E-state index in [1.807, 2.05) is 0 Å². The number of anilines is 1. The van der Waals surface area contributed by atoms with Gasteiger partial charge < -0.3 is 15.5 Å². The molecule has 0 bridgehead atoms. The van der Waals surface area contributed by atoms with Gasteiger partial charge in [0.1, 0.15) is 29.6 Å². The van der Waals surface area contributed by atoms with E-state index in [1.54, 1.807) is 44.3 Å². The molecule has 4 aromatic rings. The van der Waals surface area contributed by atoms with Crippen LogP contribution in [0.2, 0.25) is 0 Å². The largest absolute Gasteiger partial charge is 0.365 e. The number of aromatic nitrogens is 6. The predicted molar refractivity (Wildman–Crippen MR) is 130 cm³/mol. The number of nitrogens with zero attached hydrogens (tertiary/aromatic N) is 6. The van der Waals surface area contributed by atoms with Crippen LogP contribution < -0.4 is 21.2 Å². The highest BCUT2D eigenvalue weighted by Gasteiger charge is 2.37. The molecule has 0 aliphatic carbocycles. The summed E-state index contributed by atoms with van der Waals surface area (Å²) in [4.78, 5) is 59.5. The number of benzene rings is 2. The zero-order valence-corrected chi connectivity index (χ0v) is 20.1. The van der Waals surface area contributed by atoms with Gasteiger partial charge in [-0.1, -0.05) is 18.2 Å². The van der Waals surface area contributed by atoms with Crippen LogP contribution in [0.1, 0.15) is 43.7 Å². The van der Waals surface area contributed by atoms with Crippen LogP contribution in [0.5, 0.6) is 0 Å². The molecule has 0 unspecified atom stereocenters. The Labute approximate surface area is 213 Å². The maximum atomic E-state index is 13.5. The Morgan fingerprint density at radius 1 is 1.05 bits per heavy atom. The van der Waals surface area contributed by atoms with Crippen molar-refractivity contribution in [2.75, 3.05) is 11.9 Å². The fourth-order valence-electron chi connectivity index (χ4n) is 4.05. The number of carbonyl (C=O) groups is 3. The van der Waals surface area contributed by atoms with Crippen molar-refractivity contribution in [3.8, 4) is 5.69 Å². The molecule has 3 heterocycles. The SMILES string of the molecule is Cc1cc(CNC(=O)c2cc(C(=O)N[C@H]3C(=O)N(C)c4cc(-n5nn[nH]c5=O)ccc43)ncn2)ccc1F. The summed E-state index contributed by atoms with van der Waals surface area (Å²) in [7, 11) is 1.54. The minimum absolute atomic E-state index is 0.0538. The maximum absolute atomic E-state index is 13.5. The summed E-state index contributed by atoms with van der Waals surface area (Å²) in [6, 6.07) is 9.46. The van der Waals surface area contributed by atoms with Gasteiger partial charge in [-0.2, -0.15) is 4.68 Å². The van der Waals surface area contributed by atoms with Crippen LogP contribution in [0.3, 0.4) is 0 Å². The predicted octanol–water partition coefficient (Wildman–Crippen LogP) is 0.571. The van der Waals surface area contributed by atoms with E-state index in [1.165, 1.54) is 17.0 Å². The molecule has 1 aliphatic heterocycles. The normalized spacial score (nSPS) is 14.3. The molecule has 2 aromatic heterocycles. The number of amides is 3. The molecule has 5 rings (SSSR count).